The zero-order valence-corrected chi connectivity index (χ0v) is 15.8. The summed E-state index contributed by atoms with van der Waals surface area (Å²) in [7, 11) is -1.67. The summed E-state index contributed by atoms with van der Waals surface area (Å²) in [5.74, 6) is 0.455. The van der Waals surface area contributed by atoms with Crippen LogP contribution in [-0.2, 0) is 9.84 Å². The Kier molecular flexibility index (Phi) is 6.68. The van der Waals surface area contributed by atoms with Gasteiger partial charge in [0.25, 0.3) is 6.43 Å². The lowest BCUT2D eigenvalue weighted by atomic mass is 10.1. The van der Waals surface area contributed by atoms with E-state index >= 15 is 0 Å². The molecule has 0 atom stereocenters. The summed E-state index contributed by atoms with van der Waals surface area (Å²) in [5.41, 5.74) is 1.12. The van der Waals surface area contributed by atoms with E-state index in [0.717, 1.165) is 6.26 Å². The zero-order valence-electron chi connectivity index (χ0n) is 15.0. The second-order valence-electron chi connectivity index (χ2n) is 5.72. The van der Waals surface area contributed by atoms with Crippen molar-refractivity contribution in [3.8, 4) is 17.0 Å². The molecule has 0 saturated carbocycles. The Morgan fingerprint density at radius 3 is 2.52 bits per heavy atom. The highest BCUT2D eigenvalue weighted by atomic mass is 32.2. The second kappa shape index (κ2) is 8.77. The Hall–Kier alpha value is -2.74. The monoisotopic (exact) mass is 394 g/mol. The molecule has 144 valence electrons. The number of nitrogens with zero attached hydrogens (tertiary/aromatic N) is 2. The van der Waals surface area contributed by atoms with Gasteiger partial charge < -0.3 is 4.74 Å². The summed E-state index contributed by atoms with van der Waals surface area (Å²) in [6, 6.07) is 8.19. The van der Waals surface area contributed by atoms with Crippen LogP contribution >= 0.6 is 0 Å². The minimum Gasteiger partial charge on any atom is -0.497 e. The van der Waals surface area contributed by atoms with Crippen LogP contribution in [0.25, 0.3) is 17.0 Å². The molecule has 0 amide bonds. The summed E-state index contributed by atoms with van der Waals surface area (Å²) in [6.45, 7) is 3.62. The van der Waals surface area contributed by atoms with Crippen LogP contribution in [0.2, 0.25) is 0 Å². The van der Waals surface area contributed by atoms with Gasteiger partial charge in [0, 0.05) is 11.8 Å². The van der Waals surface area contributed by atoms with Gasteiger partial charge in [-0.3, -0.25) is 0 Å². The first kappa shape index (κ1) is 20.6. The number of aromatic nitrogens is 2. The molecule has 0 unspecified atom stereocenters. The van der Waals surface area contributed by atoms with Crippen molar-refractivity contribution < 1.29 is 21.9 Å². The maximum atomic E-state index is 13.2. The Bertz CT molecular complexity index is 959. The van der Waals surface area contributed by atoms with Crippen LogP contribution in [0.3, 0.4) is 0 Å². The van der Waals surface area contributed by atoms with Crippen LogP contribution in [0, 0.1) is 0 Å². The Morgan fingerprint density at radius 2 is 2.00 bits per heavy atom. The molecule has 2 rings (SSSR count). The van der Waals surface area contributed by atoms with Crippen LogP contribution in [-0.4, -0.2) is 37.3 Å². The fourth-order valence-electron chi connectivity index (χ4n) is 2.33. The zero-order chi connectivity index (χ0) is 20.0. The van der Waals surface area contributed by atoms with Gasteiger partial charge in [-0.15, -0.1) is 0 Å². The van der Waals surface area contributed by atoms with E-state index in [1.165, 1.54) is 36.1 Å². The topological polar surface area (TPSA) is 61.2 Å². The van der Waals surface area contributed by atoms with Gasteiger partial charge in [-0.2, -0.15) is 5.10 Å². The number of sulfone groups is 1. The molecule has 0 N–H and O–H groups in total. The fourth-order valence-corrected chi connectivity index (χ4v) is 2.78. The lowest BCUT2D eigenvalue weighted by Crippen LogP contribution is -2.03. The number of rotatable bonds is 8. The molecule has 1 aromatic heterocycles. The minimum absolute atomic E-state index is 0.178. The first-order chi connectivity index (χ1) is 12.7. The molecule has 27 heavy (non-hydrogen) atoms. The molecule has 0 aliphatic carbocycles. The lowest BCUT2D eigenvalue weighted by molar-refractivity contribution is 0.145. The van der Waals surface area contributed by atoms with E-state index in [4.69, 9.17) is 4.74 Å². The van der Waals surface area contributed by atoms with Gasteiger partial charge in [-0.25, -0.2) is 21.9 Å². The molecule has 1 aromatic carbocycles. The predicted octanol–water partition coefficient (Wildman–Crippen LogP) is 4.12. The van der Waals surface area contributed by atoms with Crippen LogP contribution < -0.4 is 4.74 Å². The van der Waals surface area contributed by atoms with Crippen molar-refractivity contribution in [2.75, 3.05) is 19.1 Å². The average Bonchev–Trinajstić information content (AvgIpc) is 3.05. The third kappa shape index (κ3) is 5.62. The van der Waals surface area contributed by atoms with E-state index in [1.54, 1.807) is 30.3 Å². The third-order valence-electron chi connectivity index (χ3n) is 3.56. The standard InChI is InChI=1S/C19H20F2N2O3S/c1-4-6-15(7-5-12-27(3,24)25)23-18(13-17(22-23)19(20)21)14-8-10-16(26-2)11-9-14/h4-11,13,19H,1,12H2,2-3H3/b7-5-,15-6+. The van der Waals surface area contributed by atoms with Crippen molar-refractivity contribution in [2.45, 2.75) is 6.43 Å². The number of alkyl halides is 2. The van der Waals surface area contributed by atoms with Gasteiger partial charge in [-0.1, -0.05) is 18.7 Å². The second-order valence-corrected chi connectivity index (χ2v) is 7.90. The van der Waals surface area contributed by atoms with Crippen LogP contribution in [0.5, 0.6) is 5.75 Å². The number of halogens is 2. The molecule has 0 radical (unpaired) electrons. The van der Waals surface area contributed by atoms with E-state index in [2.05, 4.69) is 11.7 Å². The average molecular weight is 394 g/mol. The molecule has 1 heterocycles. The van der Waals surface area contributed by atoms with Crippen molar-refractivity contribution in [2.24, 2.45) is 0 Å². The normalized spacial score (nSPS) is 12.7. The van der Waals surface area contributed by atoms with E-state index < -0.39 is 16.3 Å². The number of ether oxygens (including phenoxy) is 1. The summed E-state index contributed by atoms with van der Waals surface area (Å²) in [5, 5.41) is 3.98. The third-order valence-corrected chi connectivity index (χ3v) is 4.36. The Balaban J connectivity index is 2.54. The predicted molar refractivity (Wildman–Crippen MR) is 102 cm³/mol. The van der Waals surface area contributed by atoms with E-state index in [-0.39, 0.29) is 11.4 Å². The van der Waals surface area contributed by atoms with Gasteiger partial charge in [0.15, 0.2) is 9.84 Å². The van der Waals surface area contributed by atoms with E-state index in [9.17, 15) is 17.2 Å². The summed E-state index contributed by atoms with van der Waals surface area (Å²) >= 11 is 0. The molecule has 2 aromatic rings. The smallest absolute Gasteiger partial charge is 0.282 e. The molecule has 0 aliphatic heterocycles. The van der Waals surface area contributed by atoms with Crippen molar-refractivity contribution in [3.63, 3.8) is 0 Å². The summed E-state index contributed by atoms with van der Waals surface area (Å²) in [4.78, 5) is 0. The number of allylic oxidation sites excluding steroid dienone is 4. The molecular formula is C19H20F2N2O3S. The minimum atomic E-state index is -3.20. The highest BCUT2D eigenvalue weighted by molar-refractivity contribution is 7.90. The highest BCUT2D eigenvalue weighted by Gasteiger charge is 2.18. The first-order valence-corrected chi connectivity index (χ1v) is 10.0. The van der Waals surface area contributed by atoms with Gasteiger partial charge in [0.05, 0.1) is 24.3 Å². The van der Waals surface area contributed by atoms with Crippen LogP contribution in [0.1, 0.15) is 12.1 Å². The van der Waals surface area contributed by atoms with Gasteiger partial charge >= 0.3 is 0 Å². The molecule has 0 spiro atoms. The molecule has 5 nitrogen and oxygen atoms in total. The van der Waals surface area contributed by atoms with Gasteiger partial charge in [-0.05, 0) is 42.5 Å². The molecule has 0 fully saturated rings. The summed E-state index contributed by atoms with van der Waals surface area (Å²) in [6.07, 6.45) is 4.35. The Morgan fingerprint density at radius 1 is 1.33 bits per heavy atom. The molecule has 8 heteroatoms. The van der Waals surface area contributed by atoms with E-state index in [1.807, 2.05) is 0 Å². The quantitative estimate of drug-likeness (QED) is 0.632. The van der Waals surface area contributed by atoms with Gasteiger partial charge in [0.2, 0.25) is 0 Å². The number of hydrogen-bond acceptors (Lipinski definition) is 4. The van der Waals surface area contributed by atoms with Gasteiger partial charge in [0.1, 0.15) is 11.4 Å². The maximum Gasteiger partial charge on any atom is 0.282 e. The van der Waals surface area contributed by atoms with Crippen molar-refractivity contribution in [1.82, 2.24) is 9.78 Å². The first-order valence-electron chi connectivity index (χ1n) is 7.95. The SMILES string of the molecule is C=C/C=C(\C=C/CS(C)(=O)=O)n1nc(C(F)F)cc1-c1ccc(OC)cc1. The highest BCUT2D eigenvalue weighted by Crippen LogP contribution is 2.29. The number of benzene rings is 1. The number of hydrogen-bond donors (Lipinski definition) is 0. The van der Waals surface area contributed by atoms with Crippen LogP contribution in [0.15, 0.2) is 61.2 Å². The maximum absolute atomic E-state index is 13.2. The van der Waals surface area contributed by atoms with Crippen molar-refractivity contribution >= 4 is 15.5 Å². The van der Waals surface area contributed by atoms with E-state index in [0.29, 0.717) is 22.7 Å². The molecule has 0 saturated heterocycles. The lowest BCUT2D eigenvalue weighted by Gasteiger charge is -2.09. The molecular weight excluding hydrogens is 374 g/mol. The van der Waals surface area contributed by atoms with Crippen molar-refractivity contribution in [3.05, 3.63) is 66.9 Å². The number of methoxy groups -OCH3 is 1. The Labute approximate surface area is 157 Å². The largest absolute Gasteiger partial charge is 0.497 e. The molecule has 0 bridgehead atoms. The van der Waals surface area contributed by atoms with Crippen LogP contribution in [0.4, 0.5) is 8.78 Å². The van der Waals surface area contributed by atoms with Crippen molar-refractivity contribution in [1.29, 1.82) is 0 Å². The summed E-state index contributed by atoms with van der Waals surface area (Å²) < 4.78 is 55.5. The fraction of sp³-hybridized carbons (Fsp3) is 0.211. The molecule has 0 aliphatic rings.